The Bertz CT molecular complexity index is 219. The molecule has 0 fully saturated rings. The number of hydrogen-bond donors (Lipinski definition) is 5. The molecule has 0 saturated carbocycles. The van der Waals surface area contributed by atoms with Crippen molar-refractivity contribution in [1.82, 2.24) is 0 Å². The number of hydrogen-bond acceptors (Lipinski definition) is 6. The van der Waals surface area contributed by atoms with E-state index in [0.717, 1.165) is 6.26 Å². The molecule has 0 aliphatic rings. The highest BCUT2D eigenvalue weighted by Crippen LogP contribution is 2.11. The molecule has 0 radical (unpaired) electrons. The zero-order chi connectivity index (χ0) is 12.7. The Kier molecular flexibility index (Phi) is 6.95. The number of aliphatic hydroxyl groups is 5. The molecule has 0 amide bonds. The standard InChI is InChI=1S/C10H18O6/c1-3-7(16-4-2)9(14)10(15)8(13)6(12)5-11/h3-4,6-15H,1-2,5H2/t6-,7?,8-,9+,10+/m1/s1. The molecule has 5 N–H and O–H groups in total. The second kappa shape index (κ2) is 7.37. The molecule has 6 heteroatoms. The van der Waals surface area contributed by atoms with Crippen molar-refractivity contribution >= 4 is 0 Å². The average molecular weight is 234 g/mol. The molecule has 0 rings (SSSR count). The van der Waals surface area contributed by atoms with Crippen LogP contribution < -0.4 is 0 Å². The van der Waals surface area contributed by atoms with Crippen molar-refractivity contribution in [3.63, 3.8) is 0 Å². The van der Waals surface area contributed by atoms with Gasteiger partial charge in [-0.25, -0.2) is 0 Å². The SMILES string of the molecule is C=COC(C=C)[C@H](O)[C@@H](O)[C@H](O)[C@H](O)CO. The highest BCUT2D eigenvalue weighted by Gasteiger charge is 2.34. The van der Waals surface area contributed by atoms with Gasteiger partial charge >= 0.3 is 0 Å². The maximum Gasteiger partial charge on any atom is 0.144 e. The third-order valence-corrected chi connectivity index (χ3v) is 2.10. The van der Waals surface area contributed by atoms with Gasteiger partial charge < -0.3 is 30.3 Å². The third kappa shape index (κ3) is 3.92. The fourth-order valence-corrected chi connectivity index (χ4v) is 1.12. The van der Waals surface area contributed by atoms with E-state index in [1.54, 1.807) is 0 Å². The molecule has 6 nitrogen and oxygen atoms in total. The Balaban J connectivity index is 4.50. The summed E-state index contributed by atoms with van der Waals surface area (Å²) in [5.74, 6) is 0. The predicted molar refractivity (Wildman–Crippen MR) is 56.4 cm³/mol. The minimum absolute atomic E-state index is 0.730. The molecule has 0 spiro atoms. The molecular weight excluding hydrogens is 216 g/mol. The summed E-state index contributed by atoms with van der Waals surface area (Å²) < 4.78 is 4.82. The summed E-state index contributed by atoms with van der Waals surface area (Å²) in [4.78, 5) is 0. The first-order chi connectivity index (χ1) is 7.49. The molecule has 0 aliphatic carbocycles. The molecule has 0 aliphatic heterocycles. The van der Waals surface area contributed by atoms with Crippen molar-refractivity contribution in [2.75, 3.05) is 6.61 Å². The van der Waals surface area contributed by atoms with E-state index in [9.17, 15) is 15.3 Å². The molecule has 5 atom stereocenters. The van der Waals surface area contributed by atoms with E-state index in [2.05, 4.69) is 13.2 Å². The van der Waals surface area contributed by atoms with Gasteiger partial charge in [-0.2, -0.15) is 0 Å². The van der Waals surface area contributed by atoms with Crippen LogP contribution in [0.25, 0.3) is 0 Å². The van der Waals surface area contributed by atoms with E-state index in [1.807, 2.05) is 0 Å². The molecule has 94 valence electrons. The van der Waals surface area contributed by atoms with E-state index in [4.69, 9.17) is 14.9 Å². The topological polar surface area (TPSA) is 110 Å². The van der Waals surface area contributed by atoms with Gasteiger partial charge in [-0.15, -0.1) is 0 Å². The smallest absolute Gasteiger partial charge is 0.144 e. The Morgan fingerprint density at radius 2 is 1.56 bits per heavy atom. The normalized spacial score (nSPS) is 20.3. The maximum atomic E-state index is 9.58. The zero-order valence-electron chi connectivity index (χ0n) is 8.81. The van der Waals surface area contributed by atoms with Gasteiger partial charge in [-0.1, -0.05) is 13.2 Å². The highest BCUT2D eigenvalue weighted by atomic mass is 16.5. The van der Waals surface area contributed by atoms with Crippen LogP contribution in [0.15, 0.2) is 25.5 Å². The Hall–Kier alpha value is -0.920. The lowest BCUT2D eigenvalue weighted by atomic mass is 9.99. The summed E-state index contributed by atoms with van der Waals surface area (Å²) in [5.41, 5.74) is 0. The Morgan fingerprint density at radius 3 is 1.94 bits per heavy atom. The minimum atomic E-state index is -1.68. The van der Waals surface area contributed by atoms with E-state index in [-0.39, 0.29) is 0 Å². The number of aliphatic hydroxyl groups excluding tert-OH is 5. The van der Waals surface area contributed by atoms with Gasteiger partial charge in [0.25, 0.3) is 0 Å². The van der Waals surface area contributed by atoms with Crippen molar-refractivity contribution in [2.24, 2.45) is 0 Å². The summed E-state index contributed by atoms with van der Waals surface area (Å²) in [6.07, 6.45) is -5.09. The molecule has 0 heterocycles. The Morgan fingerprint density at radius 1 is 1.00 bits per heavy atom. The summed E-state index contributed by atoms with van der Waals surface area (Å²) in [6.45, 7) is 5.91. The lowest BCUT2D eigenvalue weighted by Gasteiger charge is -2.28. The maximum absolute atomic E-state index is 9.58. The van der Waals surface area contributed by atoms with Gasteiger partial charge in [-0.05, 0) is 6.08 Å². The second-order valence-corrected chi connectivity index (χ2v) is 3.22. The summed E-state index contributed by atoms with van der Waals surface area (Å²) in [6, 6.07) is 0. The van der Waals surface area contributed by atoms with Crippen LogP contribution >= 0.6 is 0 Å². The molecule has 0 saturated heterocycles. The van der Waals surface area contributed by atoms with Gasteiger partial charge in [0.15, 0.2) is 0 Å². The highest BCUT2D eigenvalue weighted by molar-refractivity contribution is 4.94. The van der Waals surface area contributed by atoms with Crippen LogP contribution in [0.4, 0.5) is 0 Å². The van der Waals surface area contributed by atoms with Crippen LogP contribution in [-0.2, 0) is 4.74 Å². The van der Waals surface area contributed by atoms with Crippen LogP contribution in [0.2, 0.25) is 0 Å². The van der Waals surface area contributed by atoms with Gasteiger partial charge in [0.05, 0.1) is 12.9 Å². The quantitative estimate of drug-likeness (QED) is 0.249. The van der Waals surface area contributed by atoms with Crippen LogP contribution in [0.5, 0.6) is 0 Å². The summed E-state index contributed by atoms with van der Waals surface area (Å²) >= 11 is 0. The fourth-order valence-electron chi connectivity index (χ4n) is 1.12. The first kappa shape index (κ1) is 15.1. The van der Waals surface area contributed by atoms with Gasteiger partial charge in [0.2, 0.25) is 0 Å². The zero-order valence-corrected chi connectivity index (χ0v) is 8.81. The largest absolute Gasteiger partial charge is 0.492 e. The fraction of sp³-hybridized carbons (Fsp3) is 0.600. The molecule has 16 heavy (non-hydrogen) atoms. The molecule has 0 aromatic heterocycles. The monoisotopic (exact) mass is 234 g/mol. The van der Waals surface area contributed by atoms with Crippen molar-refractivity contribution in [1.29, 1.82) is 0 Å². The molecule has 1 unspecified atom stereocenters. The average Bonchev–Trinajstić information content (AvgIpc) is 2.32. The Labute approximate surface area is 93.7 Å². The van der Waals surface area contributed by atoms with Crippen molar-refractivity contribution in [2.45, 2.75) is 30.5 Å². The van der Waals surface area contributed by atoms with Crippen molar-refractivity contribution < 1.29 is 30.3 Å². The van der Waals surface area contributed by atoms with E-state index >= 15 is 0 Å². The molecule has 0 aromatic carbocycles. The first-order valence-corrected chi connectivity index (χ1v) is 4.71. The van der Waals surface area contributed by atoms with Gasteiger partial charge in [0, 0.05) is 0 Å². The lowest BCUT2D eigenvalue weighted by Crippen LogP contribution is -2.49. The summed E-state index contributed by atoms with van der Waals surface area (Å²) in [7, 11) is 0. The van der Waals surface area contributed by atoms with Crippen LogP contribution in [-0.4, -0.2) is 62.7 Å². The third-order valence-electron chi connectivity index (χ3n) is 2.10. The predicted octanol–water partition coefficient (Wildman–Crippen LogP) is -1.86. The van der Waals surface area contributed by atoms with E-state index < -0.39 is 37.1 Å². The van der Waals surface area contributed by atoms with Gasteiger partial charge in [0.1, 0.15) is 30.5 Å². The second-order valence-electron chi connectivity index (χ2n) is 3.22. The molecular formula is C10H18O6. The van der Waals surface area contributed by atoms with E-state index in [0.29, 0.717) is 0 Å². The number of ether oxygens (including phenoxy) is 1. The van der Waals surface area contributed by atoms with Crippen molar-refractivity contribution in [3.05, 3.63) is 25.5 Å². The summed E-state index contributed by atoms with van der Waals surface area (Å²) in [5, 5.41) is 46.0. The first-order valence-electron chi connectivity index (χ1n) is 4.71. The van der Waals surface area contributed by atoms with Crippen LogP contribution in [0, 0.1) is 0 Å². The minimum Gasteiger partial charge on any atom is -0.492 e. The van der Waals surface area contributed by atoms with Crippen LogP contribution in [0.1, 0.15) is 0 Å². The number of rotatable bonds is 8. The van der Waals surface area contributed by atoms with Gasteiger partial charge in [-0.3, -0.25) is 0 Å². The van der Waals surface area contributed by atoms with Crippen molar-refractivity contribution in [3.8, 4) is 0 Å². The molecule has 0 bridgehead atoms. The van der Waals surface area contributed by atoms with Crippen LogP contribution in [0.3, 0.4) is 0 Å². The molecule has 0 aromatic rings. The lowest BCUT2D eigenvalue weighted by molar-refractivity contribution is -0.134. The van der Waals surface area contributed by atoms with E-state index in [1.165, 1.54) is 6.08 Å².